The molecule has 2 aromatic rings. The van der Waals surface area contributed by atoms with Crippen LogP contribution in [0.1, 0.15) is 11.1 Å². The Hall–Kier alpha value is -2.33. The minimum atomic E-state index is -0.220. The first-order chi connectivity index (χ1) is 11.3. The summed E-state index contributed by atoms with van der Waals surface area (Å²) < 4.78 is 5.39. The number of rotatable bonds is 4. The number of hydrogen-bond donors (Lipinski definition) is 0. The first-order valence-corrected chi connectivity index (χ1v) is 7.94. The maximum atomic E-state index is 12.1. The fraction of sp³-hybridized carbons (Fsp3) is 0.316. The van der Waals surface area contributed by atoms with Crippen LogP contribution in [0.25, 0.3) is 0 Å². The van der Waals surface area contributed by atoms with E-state index in [0.29, 0.717) is 19.7 Å². The van der Waals surface area contributed by atoms with Crippen LogP contribution in [0.5, 0.6) is 0 Å². The van der Waals surface area contributed by atoms with E-state index in [9.17, 15) is 4.79 Å². The van der Waals surface area contributed by atoms with E-state index in [2.05, 4.69) is 23.1 Å². The van der Waals surface area contributed by atoms with Crippen molar-refractivity contribution in [3.05, 3.63) is 71.8 Å². The lowest BCUT2D eigenvalue weighted by atomic mass is 10.2. The van der Waals surface area contributed by atoms with Crippen molar-refractivity contribution in [3.63, 3.8) is 0 Å². The lowest BCUT2D eigenvalue weighted by Crippen LogP contribution is -2.48. The van der Waals surface area contributed by atoms with Crippen molar-refractivity contribution in [1.82, 2.24) is 9.80 Å². The third-order valence-corrected chi connectivity index (χ3v) is 4.03. The van der Waals surface area contributed by atoms with Crippen LogP contribution in [-0.4, -0.2) is 42.1 Å². The molecule has 0 saturated carbocycles. The molecule has 1 aliphatic heterocycles. The fourth-order valence-electron chi connectivity index (χ4n) is 2.68. The molecule has 0 unspecified atom stereocenters. The lowest BCUT2D eigenvalue weighted by Gasteiger charge is -2.34. The van der Waals surface area contributed by atoms with Gasteiger partial charge in [0.25, 0.3) is 0 Å². The zero-order valence-electron chi connectivity index (χ0n) is 13.1. The highest BCUT2D eigenvalue weighted by Crippen LogP contribution is 2.10. The van der Waals surface area contributed by atoms with Crippen molar-refractivity contribution in [3.8, 4) is 0 Å². The summed E-state index contributed by atoms with van der Waals surface area (Å²) in [6.45, 7) is 4.43. The number of carbonyl (C=O) groups excluding carboxylic acids is 1. The Bertz CT molecular complexity index is 608. The third kappa shape index (κ3) is 4.57. The molecule has 2 aromatic carbocycles. The quantitative estimate of drug-likeness (QED) is 0.870. The fourth-order valence-corrected chi connectivity index (χ4v) is 2.68. The number of amides is 1. The van der Waals surface area contributed by atoms with Crippen molar-refractivity contribution >= 4 is 6.09 Å². The Morgan fingerprint density at radius 2 is 1.65 bits per heavy atom. The molecule has 0 N–H and O–H groups in total. The van der Waals surface area contributed by atoms with Crippen molar-refractivity contribution in [2.24, 2.45) is 0 Å². The smallest absolute Gasteiger partial charge is 0.410 e. The van der Waals surface area contributed by atoms with E-state index in [0.717, 1.165) is 25.2 Å². The SMILES string of the molecule is O=C(OCc1ccccc1)N1CCN(Cc2cc[c]cc2)CC1. The number of ether oxygens (including phenoxy) is 1. The molecule has 119 valence electrons. The minimum Gasteiger partial charge on any atom is -0.445 e. The van der Waals surface area contributed by atoms with Crippen LogP contribution in [0.3, 0.4) is 0 Å². The Kier molecular flexibility index (Phi) is 5.27. The van der Waals surface area contributed by atoms with Crippen LogP contribution < -0.4 is 0 Å². The van der Waals surface area contributed by atoms with E-state index in [4.69, 9.17) is 4.74 Å². The van der Waals surface area contributed by atoms with Gasteiger partial charge >= 0.3 is 6.09 Å². The van der Waals surface area contributed by atoms with Gasteiger partial charge in [-0.25, -0.2) is 4.79 Å². The number of hydrogen-bond acceptors (Lipinski definition) is 3. The number of nitrogens with zero attached hydrogens (tertiary/aromatic N) is 2. The zero-order valence-corrected chi connectivity index (χ0v) is 13.1. The topological polar surface area (TPSA) is 32.8 Å². The number of carbonyl (C=O) groups is 1. The van der Waals surface area contributed by atoms with Gasteiger partial charge in [-0.05, 0) is 17.2 Å². The van der Waals surface area contributed by atoms with Crippen LogP contribution >= 0.6 is 0 Å². The van der Waals surface area contributed by atoms with E-state index in [1.807, 2.05) is 42.5 Å². The monoisotopic (exact) mass is 309 g/mol. The second-order valence-corrected chi connectivity index (χ2v) is 5.71. The molecule has 1 amide bonds. The summed E-state index contributed by atoms with van der Waals surface area (Å²) in [7, 11) is 0. The Morgan fingerprint density at radius 1 is 0.957 bits per heavy atom. The first kappa shape index (κ1) is 15.6. The second kappa shape index (κ2) is 7.79. The van der Waals surface area contributed by atoms with Crippen molar-refractivity contribution < 1.29 is 9.53 Å². The molecule has 4 heteroatoms. The van der Waals surface area contributed by atoms with Gasteiger partial charge in [0.2, 0.25) is 0 Å². The van der Waals surface area contributed by atoms with Gasteiger partial charge in [-0.1, -0.05) is 54.6 Å². The van der Waals surface area contributed by atoms with E-state index in [-0.39, 0.29) is 6.09 Å². The minimum absolute atomic E-state index is 0.220. The molecular formula is C19H21N2O2. The molecule has 0 atom stereocenters. The Morgan fingerprint density at radius 3 is 2.35 bits per heavy atom. The highest BCUT2D eigenvalue weighted by molar-refractivity contribution is 5.67. The highest BCUT2D eigenvalue weighted by Gasteiger charge is 2.22. The summed E-state index contributed by atoms with van der Waals surface area (Å²) in [6, 6.07) is 20.8. The van der Waals surface area contributed by atoms with Gasteiger partial charge in [0.15, 0.2) is 0 Å². The van der Waals surface area contributed by atoms with E-state index in [1.165, 1.54) is 5.56 Å². The molecule has 0 aromatic heterocycles. The summed E-state index contributed by atoms with van der Waals surface area (Å²) in [5.41, 5.74) is 2.30. The van der Waals surface area contributed by atoms with Crippen LogP contribution in [0.15, 0.2) is 54.6 Å². The van der Waals surface area contributed by atoms with Gasteiger partial charge in [0, 0.05) is 32.7 Å². The summed E-state index contributed by atoms with van der Waals surface area (Å²) in [6.07, 6.45) is -0.220. The van der Waals surface area contributed by atoms with Gasteiger partial charge < -0.3 is 9.64 Å². The molecular weight excluding hydrogens is 288 g/mol. The third-order valence-electron chi connectivity index (χ3n) is 4.03. The number of piperazine rings is 1. The number of benzene rings is 2. The Balaban J connectivity index is 1.42. The average molecular weight is 309 g/mol. The molecule has 0 bridgehead atoms. The van der Waals surface area contributed by atoms with Crippen molar-refractivity contribution in [2.75, 3.05) is 26.2 Å². The summed E-state index contributed by atoms with van der Waals surface area (Å²) in [4.78, 5) is 16.3. The molecule has 0 spiro atoms. The zero-order chi connectivity index (χ0) is 15.9. The van der Waals surface area contributed by atoms with Gasteiger partial charge in [0.1, 0.15) is 6.61 Å². The van der Waals surface area contributed by atoms with Gasteiger partial charge in [-0.2, -0.15) is 0 Å². The lowest BCUT2D eigenvalue weighted by molar-refractivity contribution is 0.0700. The van der Waals surface area contributed by atoms with Crippen LogP contribution in [0.2, 0.25) is 0 Å². The molecule has 3 rings (SSSR count). The average Bonchev–Trinajstić information content (AvgIpc) is 2.62. The van der Waals surface area contributed by atoms with E-state index < -0.39 is 0 Å². The van der Waals surface area contributed by atoms with Crippen LogP contribution in [0, 0.1) is 6.07 Å². The van der Waals surface area contributed by atoms with Gasteiger partial charge in [-0.3, -0.25) is 4.90 Å². The molecule has 1 radical (unpaired) electrons. The molecule has 4 nitrogen and oxygen atoms in total. The first-order valence-electron chi connectivity index (χ1n) is 7.94. The van der Waals surface area contributed by atoms with Crippen LogP contribution in [-0.2, 0) is 17.9 Å². The predicted octanol–water partition coefficient (Wildman–Crippen LogP) is 2.94. The predicted molar refractivity (Wildman–Crippen MR) is 88.8 cm³/mol. The largest absolute Gasteiger partial charge is 0.445 e. The van der Waals surface area contributed by atoms with E-state index in [1.54, 1.807) is 4.90 Å². The highest BCUT2D eigenvalue weighted by atomic mass is 16.6. The molecule has 1 fully saturated rings. The second-order valence-electron chi connectivity index (χ2n) is 5.71. The summed E-state index contributed by atoms with van der Waals surface area (Å²) >= 11 is 0. The molecule has 1 saturated heterocycles. The van der Waals surface area contributed by atoms with Gasteiger partial charge in [-0.15, -0.1) is 0 Å². The van der Waals surface area contributed by atoms with E-state index >= 15 is 0 Å². The summed E-state index contributed by atoms with van der Waals surface area (Å²) in [5.74, 6) is 0. The molecule has 1 heterocycles. The van der Waals surface area contributed by atoms with Crippen molar-refractivity contribution in [2.45, 2.75) is 13.2 Å². The standard InChI is InChI=1S/C19H21N2O2/c22-19(23-16-18-9-5-2-6-10-18)21-13-11-20(12-14-21)15-17-7-3-1-4-8-17/h2-10H,11-16H2. The van der Waals surface area contributed by atoms with Crippen LogP contribution in [0.4, 0.5) is 4.79 Å². The van der Waals surface area contributed by atoms with Gasteiger partial charge in [0.05, 0.1) is 0 Å². The Labute approximate surface area is 137 Å². The summed E-state index contributed by atoms with van der Waals surface area (Å²) in [5, 5.41) is 0. The maximum absolute atomic E-state index is 12.1. The van der Waals surface area contributed by atoms with Crippen molar-refractivity contribution in [1.29, 1.82) is 0 Å². The normalized spacial score (nSPS) is 15.4. The molecule has 0 aliphatic carbocycles. The molecule has 23 heavy (non-hydrogen) atoms. The maximum Gasteiger partial charge on any atom is 0.410 e. The molecule has 1 aliphatic rings.